The molecule has 1 aliphatic rings. The first kappa shape index (κ1) is 14.5. The van der Waals surface area contributed by atoms with Crippen molar-refractivity contribution in [2.24, 2.45) is 0 Å². The third kappa shape index (κ3) is 2.56. The van der Waals surface area contributed by atoms with Gasteiger partial charge in [-0.1, -0.05) is 19.9 Å². The Bertz CT molecular complexity index is 467. The van der Waals surface area contributed by atoms with E-state index in [0.29, 0.717) is 0 Å². The minimum Gasteiger partial charge on any atom is -0.399 e. The van der Waals surface area contributed by atoms with E-state index in [-0.39, 0.29) is 22.9 Å². The molecule has 0 saturated carbocycles. The summed E-state index contributed by atoms with van der Waals surface area (Å²) in [5.41, 5.74) is 1.12. The van der Waals surface area contributed by atoms with E-state index in [1.54, 1.807) is 12.1 Å². The van der Waals surface area contributed by atoms with Gasteiger partial charge in [0.05, 0.1) is 11.2 Å². The lowest BCUT2D eigenvalue weighted by atomic mass is 9.73. The Labute approximate surface area is 115 Å². The first-order valence-electron chi connectivity index (χ1n) is 6.79. The van der Waals surface area contributed by atoms with Gasteiger partial charge in [0.15, 0.2) is 0 Å². The van der Waals surface area contributed by atoms with E-state index < -0.39 is 7.12 Å². The van der Waals surface area contributed by atoms with Crippen LogP contribution in [-0.2, 0) is 9.31 Å². The lowest BCUT2D eigenvalue weighted by Crippen LogP contribution is -2.41. The van der Waals surface area contributed by atoms with Gasteiger partial charge < -0.3 is 9.31 Å². The van der Waals surface area contributed by atoms with E-state index in [9.17, 15) is 4.39 Å². The number of benzene rings is 1. The molecule has 1 aliphatic heterocycles. The monoisotopic (exact) mass is 264 g/mol. The number of rotatable bonds is 2. The van der Waals surface area contributed by atoms with Crippen LogP contribution in [0, 0.1) is 5.82 Å². The molecule has 2 rings (SSSR count). The number of hydrogen-bond acceptors (Lipinski definition) is 2. The smallest absolute Gasteiger partial charge is 0.399 e. The van der Waals surface area contributed by atoms with Gasteiger partial charge in [-0.25, -0.2) is 4.39 Å². The molecule has 0 radical (unpaired) electrons. The predicted octanol–water partition coefficient (Wildman–Crippen LogP) is 3.25. The average Bonchev–Trinajstić information content (AvgIpc) is 2.47. The summed E-state index contributed by atoms with van der Waals surface area (Å²) in [7, 11) is -0.428. The fourth-order valence-electron chi connectivity index (χ4n) is 2.23. The van der Waals surface area contributed by atoms with Crippen LogP contribution in [0.1, 0.15) is 53.0 Å². The summed E-state index contributed by atoms with van der Waals surface area (Å²) in [6.07, 6.45) is 0. The summed E-state index contributed by atoms with van der Waals surface area (Å²) in [6, 6.07) is 4.81. The van der Waals surface area contributed by atoms with Gasteiger partial charge in [-0.2, -0.15) is 0 Å². The SMILES string of the molecule is CC(C)c1cc(F)ccc1B1OC(C)(C)C(C)(C)O1. The summed E-state index contributed by atoms with van der Waals surface area (Å²) in [4.78, 5) is 0. The van der Waals surface area contributed by atoms with Crippen LogP contribution in [0.3, 0.4) is 0 Å². The summed E-state index contributed by atoms with van der Waals surface area (Å²) >= 11 is 0. The number of hydrogen-bond donors (Lipinski definition) is 0. The molecule has 0 aliphatic carbocycles. The molecule has 104 valence electrons. The van der Waals surface area contributed by atoms with Crippen molar-refractivity contribution in [1.29, 1.82) is 0 Å². The number of halogens is 1. The van der Waals surface area contributed by atoms with Gasteiger partial charge in [-0.15, -0.1) is 0 Å². The van der Waals surface area contributed by atoms with Crippen LogP contribution in [0.15, 0.2) is 18.2 Å². The molecule has 0 N–H and O–H groups in total. The zero-order chi connectivity index (χ0) is 14.4. The normalized spacial score (nSPS) is 21.2. The molecule has 1 aromatic carbocycles. The largest absolute Gasteiger partial charge is 0.495 e. The molecule has 0 aromatic heterocycles. The van der Waals surface area contributed by atoms with E-state index in [0.717, 1.165) is 11.0 Å². The quantitative estimate of drug-likeness (QED) is 0.763. The second-order valence-corrected chi connectivity index (χ2v) is 6.52. The third-order valence-electron chi connectivity index (χ3n) is 4.18. The van der Waals surface area contributed by atoms with Gasteiger partial charge >= 0.3 is 7.12 Å². The topological polar surface area (TPSA) is 18.5 Å². The molecular formula is C15H22BFO2. The van der Waals surface area contributed by atoms with Crippen molar-refractivity contribution in [3.63, 3.8) is 0 Å². The van der Waals surface area contributed by atoms with Gasteiger partial charge in [0.2, 0.25) is 0 Å². The molecule has 2 nitrogen and oxygen atoms in total. The summed E-state index contributed by atoms with van der Waals surface area (Å²) in [5.74, 6) is 0.00805. The van der Waals surface area contributed by atoms with Gasteiger partial charge in [0.1, 0.15) is 5.82 Å². The Morgan fingerprint density at radius 1 is 1.05 bits per heavy atom. The van der Waals surface area contributed by atoms with Crippen LogP contribution in [-0.4, -0.2) is 18.3 Å². The van der Waals surface area contributed by atoms with Gasteiger partial charge in [-0.05, 0) is 56.8 Å². The summed E-state index contributed by atoms with van der Waals surface area (Å²) in [5, 5.41) is 0. The van der Waals surface area contributed by atoms with Gasteiger partial charge in [-0.3, -0.25) is 0 Å². The molecule has 0 amide bonds. The van der Waals surface area contributed by atoms with Crippen LogP contribution in [0.4, 0.5) is 4.39 Å². The van der Waals surface area contributed by atoms with E-state index >= 15 is 0 Å². The highest BCUT2D eigenvalue weighted by Crippen LogP contribution is 2.37. The molecule has 0 bridgehead atoms. The Kier molecular flexibility index (Phi) is 3.52. The van der Waals surface area contributed by atoms with Crippen molar-refractivity contribution in [2.45, 2.75) is 58.7 Å². The summed E-state index contributed by atoms with van der Waals surface area (Å²) < 4.78 is 25.5. The fraction of sp³-hybridized carbons (Fsp3) is 0.600. The van der Waals surface area contributed by atoms with Gasteiger partial charge in [0, 0.05) is 0 Å². The van der Waals surface area contributed by atoms with E-state index in [1.165, 1.54) is 6.07 Å². The van der Waals surface area contributed by atoms with Crippen molar-refractivity contribution < 1.29 is 13.7 Å². The molecular weight excluding hydrogens is 242 g/mol. The van der Waals surface area contributed by atoms with Crippen LogP contribution >= 0.6 is 0 Å². The highest BCUT2D eigenvalue weighted by atomic mass is 19.1. The predicted molar refractivity (Wildman–Crippen MR) is 76.2 cm³/mol. The second kappa shape index (κ2) is 4.60. The Balaban J connectivity index is 2.39. The lowest BCUT2D eigenvalue weighted by molar-refractivity contribution is 0.00578. The first-order chi connectivity index (χ1) is 8.64. The molecule has 1 saturated heterocycles. The maximum Gasteiger partial charge on any atom is 0.495 e. The highest BCUT2D eigenvalue weighted by Gasteiger charge is 2.52. The standard InChI is InChI=1S/C15H22BFO2/c1-10(2)12-9-11(17)7-8-13(12)16-18-14(3,4)15(5,6)19-16/h7-10H,1-6H3. The van der Waals surface area contributed by atoms with Crippen molar-refractivity contribution in [1.82, 2.24) is 0 Å². The van der Waals surface area contributed by atoms with Crippen LogP contribution in [0.2, 0.25) is 0 Å². The molecule has 19 heavy (non-hydrogen) atoms. The molecule has 1 heterocycles. The fourth-order valence-corrected chi connectivity index (χ4v) is 2.23. The van der Waals surface area contributed by atoms with E-state index in [4.69, 9.17) is 9.31 Å². The molecule has 1 fully saturated rings. The van der Waals surface area contributed by atoms with Crippen molar-refractivity contribution in [3.05, 3.63) is 29.6 Å². The Morgan fingerprint density at radius 2 is 1.58 bits per heavy atom. The highest BCUT2D eigenvalue weighted by molar-refractivity contribution is 6.62. The zero-order valence-corrected chi connectivity index (χ0v) is 12.6. The molecule has 0 spiro atoms. The molecule has 0 atom stereocenters. The zero-order valence-electron chi connectivity index (χ0n) is 12.6. The van der Waals surface area contributed by atoms with Crippen LogP contribution in [0.25, 0.3) is 0 Å². The second-order valence-electron chi connectivity index (χ2n) is 6.52. The molecule has 1 aromatic rings. The van der Waals surface area contributed by atoms with Crippen molar-refractivity contribution in [2.75, 3.05) is 0 Å². The maximum atomic E-state index is 13.4. The lowest BCUT2D eigenvalue weighted by Gasteiger charge is -2.32. The van der Waals surface area contributed by atoms with Crippen molar-refractivity contribution >= 4 is 12.6 Å². The molecule has 0 unspecified atom stereocenters. The minimum absolute atomic E-state index is 0.219. The van der Waals surface area contributed by atoms with Gasteiger partial charge in [0.25, 0.3) is 0 Å². The van der Waals surface area contributed by atoms with E-state index in [1.807, 2.05) is 41.5 Å². The minimum atomic E-state index is -0.428. The van der Waals surface area contributed by atoms with E-state index in [2.05, 4.69) is 0 Å². The maximum absolute atomic E-state index is 13.4. The first-order valence-corrected chi connectivity index (χ1v) is 6.79. The molecule has 4 heteroatoms. The average molecular weight is 264 g/mol. The Morgan fingerprint density at radius 3 is 2.05 bits per heavy atom. The van der Waals surface area contributed by atoms with Crippen LogP contribution < -0.4 is 5.46 Å². The van der Waals surface area contributed by atoms with Crippen molar-refractivity contribution in [3.8, 4) is 0 Å². The van der Waals surface area contributed by atoms with Crippen LogP contribution in [0.5, 0.6) is 0 Å². The Hall–Kier alpha value is -0.865. The third-order valence-corrected chi connectivity index (χ3v) is 4.18. The summed E-state index contributed by atoms with van der Waals surface area (Å²) in [6.45, 7) is 12.2.